The zero-order chi connectivity index (χ0) is 18.5. The molecule has 1 amide bonds. The molecule has 1 fully saturated rings. The number of anilines is 3. The molecule has 0 spiro atoms. The highest BCUT2D eigenvalue weighted by molar-refractivity contribution is 5.93. The Balaban J connectivity index is 1.51. The lowest BCUT2D eigenvalue weighted by Gasteiger charge is -2.32. The van der Waals surface area contributed by atoms with Crippen molar-refractivity contribution in [3.05, 3.63) is 53.6 Å². The average Bonchev–Trinajstić information content (AvgIpc) is 2.61. The first-order valence-electron chi connectivity index (χ1n) is 9.46. The van der Waals surface area contributed by atoms with Crippen LogP contribution in [0.4, 0.5) is 17.1 Å². The first-order valence-corrected chi connectivity index (χ1v) is 9.46. The highest BCUT2D eigenvalue weighted by Gasteiger charge is 2.15. The minimum absolute atomic E-state index is 0.0382. The number of rotatable bonds is 5. The van der Waals surface area contributed by atoms with Crippen molar-refractivity contribution < 1.29 is 4.79 Å². The van der Waals surface area contributed by atoms with E-state index < -0.39 is 0 Å². The van der Waals surface area contributed by atoms with Crippen molar-refractivity contribution in [1.82, 2.24) is 0 Å². The number of benzene rings is 2. The molecule has 26 heavy (non-hydrogen) atoms. The van der Waals surface area contributed by atoms with E-state index in [1.807, 2.05) is 12.1 Å². The molecule has 138 valence electrons. The summed E-state index contributed by atoms with van der Waals surface area (Å²) in [5, 5.41) is 6.15. The molecule has 4 nitrogen and oxygen atoms in total. The van der Waals surface area contributed by atoms with Crippen LogP contribution in [-0.4, -0.2) is 25.5 Å². The van der Waals surface area contributed by atoms with Crippen LogP contribution in [0.3, 0.4) is 0 Å². The summed E-state index contributed by atoms with van der Waals surface area (Å²) in [5.41, 5.74) is 5.44. The molecule has 0 aliphatic carbocycles. The van der Waals surface area contributed by atoms with E-state index in [2.05, 4.69) is 66.6 Å². The van der Waals surface area contributed by atoms with Crippen LogP contribution in [0.2, 0.25) is 0 Å². The van der Waals surface area contributed by atoms with Crippen molar-refractivity contribution in [3.8, 4) is 0 Å². The molecule has 0 aromatic heterocycles. The highest BCUT2D eigenvalue weighted by Crippen LogP contribution is 2.24. The molecule has 0 radical (unpaired) electrons. The molecular formula is C22H29N3O. The number of carbonyl (C=O) groups excluding carboxylic acids is 1. The summed E-state index contributed by atoms with van der Waals surface area (Å²) in [4.78, 5) is 14.6. The monoisotopic (exact) mass is 351 g/mol. The van der Waals surface area contributed by atoms with Gasteiger partial charge in [0.25, 0.3) is 0 Å². The van der Waals surface area contributed by atoms with Crippen LogP contribution < -0.4 is 15.5 Å². The molecule has 3 rings (SSSR count). The highest BCUT2D eigenvalue weighted by atomic mass is 16.1. The third kappa shape index (κ3) is 5.01. The summed E-state index contributed by atoms with van der Waals surface area (Å²) >= 11 is 0. The van der Waals surface area contributed by atoms with Gasteiger partial charge < -0.3 is 15.5 Å². The van der Waals surface area contributed by atoms with Gasteiger partial charge >= 0.3 is 0 Å². The van der Waals surface area contributed by atoms with Crippen LogP contribution in [-0.2, 0) is 4.79 Å². The van der Waals surface area contributed by atoms with E-state index in [9.17, 15) is 4.79 Å². The van der Waals surface area contributed by atoms with Crippen molar-refractivity contribution in [2.75, 3.05) is 35.2 Å². The normalized spacial score (nSPS) is 15.0. The van der Waals surface area contributed by atoms with Gasteiger partial charge in [-0.25, -0.2) is 0 Å². The Bertz CT molecular complexity index is 726. The SMILES string of the molecule is Cc1cc(C)cc(NCC(=O)Nc2ccc(N3CCC(C)CC3)cc2)c1. The molecule has 1 saturated heterocycles. The third-order valence-corrected chi connectivity index (χ3v) is 4.97. The topological polar surface area (TPSA) is 44.4 Å². The minimum atomic E-state index is -0.0382. The van der Waals surface area contributed by atoms with Crippen LogP contribution in [0.25, 0.3) is 0 Å². The van der Waals surface area contributed by atoms with Gasteiger partial charge in [-0.1, -0.05) is 13.0 Å². The van der Waals surface area contributed by atoms with Gasteiger partial charge in [0.1, 0.15) is 0 Å². The van der Waals surface area contributed by atoms with E-state index >= 15 is 0 Å². The van der Waals surface area contributed by atoms with Gasteiger partial charge in [0.2, 0.25) is 5.91 Å². The molecule has 0 atom stereocenters. The lowest BCUT2D eigenvalue weighted by molar-refractivity contribution is -0.114. The summed E-state index contributed by atoms with van der Waals surface area (Å²) in [7, 11) is 0. The second kappa shape index (κ2) is 8.26. The summed E-state index contributed by atoms with van der Waals surface area (Å²) < 4.78 is 0. The molecule has 2 aromatic carbocycles. The number of nitrogens with one attached hydrogen (secondary N) is 2. The van der Waals surface area contributed by atoms with Gasteiger partial charge in [-0.05, 0) is 80.1 Å². The van der Waals surface area contributed by atoms with Crippen molar-refractivity contribution in [3.63, 3.8) is 0 Å². The summed E-state index contributed by atoms with van der Waals surface area (Å²) in [6.45, 7) is 8.93. The van der Waals surface area contributed by atoms with Gasteiger partial charge in [0.15, 0.2) is 0 Å². The lowest BCUT2D eigenvalue weighted by Crippen LogP contribution is -2.32. The zero-order valence-electron chi connectivity index (χ0n) is 16.0. The molecule has 0 unspecified atom stereocenters. The Morgan fingerprint density at radius 1 is 1.00 bits per heavy atom. The van der Waals surface area contributed by atoms with Crippen LogP contribution >= 0.6 is 0 Å². The number of piperidine rings is 1. The van der Waals surface area contributed by atoms with Crippen LogP contribution in [0.1, 0.15) is 30.9 Å². The first kappa shape index (κ1) is 18.3. The van der Waals surface area contributed by atoms with Crippen molar-refractivity contribution in [2.24, 2.45) is 5.92 Å². The molecule has 0 saturated carbocycles. The Morgan fingerprint density at radius 3 is 2.23 bits per heavy atom. The molecule has 4 heteroatoms. The maximum Gasteiger partial charge on any atom is 0.243 e. The Morgan fingerprint density at radius 2 is 1.62 bits per heavy atom. The van der Waals surface area contributed by atoms with Gasteiger partial charge in [-0.15, -0.1) is 0 Å². The Labute approximate surface area is 156 Å². The van der Waals surface area contributed by atoms with Gasteiger partial charge in [-0.2, -0.15) is 0 Å². The second-order valence-electron chi connectivity index (χ2n) is 7.49. The number of hydrogen-bond acceptors (Lipinski definition) is 3. The lowest BCUT2D eigenvalue weighted by atomic mass is 9.99. The maximum absolute atomic E-state index is 12.2. The number of hydrogen-bond donors (Lipinski definition) is 2. The number of carbonyl (C=O) groups is 1. The second-order valence-corrected chi connectivity index (χ2v) is 7.49. The number of aryl methyl sites for hydroxylation is 2. The fourth-order valence-corrected chi connectivity index (χ4v) is 3.49. The van der Waals surface area contributed by atoms with Crippen LogP contribution in [0.5, 0.6) is 0 Å². The molecular weight excluding hydrogens is 322 g/mol. The predicted octanol–water partition coefficient (Wildman–Crippen LogP) is 4.59. The quantitative estimate of drug-likeness (QED) is 0.828. The molecule has 1 aliphatic heterocycles. The predicted molar refractivity (Wildman–Crippen MR) is 110 cm³/mol. The summed E-state index contributed by atoms with van der Waals surface area (Å²) in [6.07, 6.45) is 2.51. The van der Waals surface area contributed by atoms with Gasteiger partial charge in [0.05, 0.1) is 6.54 Å². The summed E-state index contributed by atoms with van der Waals surface area (Å²) in [5.74, 6) is 0.790. The van der Waals surface area contributed by atoms with E-state index in [0.717, 1.165) is 30.4 Å². The molecule has 1 heterocycles. The van der Waals surface area contributed by atoms with Crippen molar-refractivity contribution in [1.29, 1.82) is 0 Å². The third-order valence-electron chi connectivity index (χ3n) is 4.97. The van der Waals surface area contributed by atoms with Crippen LogP contribution in [0, 0.1) is 19.8 Å². The average molecular weight is 351 g/mol. The van der Waals surface area contributed by atoms with Crippen LogP contribution in [0.15, 0.2) is 42.5 Å². The molecule has 2 aromatic rings. The zero-order valence-corrected chi connectivity index (χ0v) is 16.0. The fourth-order valence-electron chi connectivity index (χ4n) is 3.49. The minimum Gasteiger partial charge on any atom is -0.376 e. The maximum atomic E-state index is 12.2. The fraction of sp³-hybridized carbons (Fsp3) is 0.409. The molecule has 2 N–H and O–H groups in total. The standard InChI is InChI=1S/C22H29N3O/c1-16-8-10-25(11-9-16)21-6-4-19(5-7-21)24-22(26)15-23-20-13-17(2)12-18(3)14-20/h4-7,12-14,16,23H,8-11,15H2,1-3H3,(H,24,26). The largest absolute Gasteiger partial charge is 0.376 e. The smallest absolute Gasteiger partial charge is 0.243 e. The van der Waals surface area contributed by atoms with E-state index in [4.69, 9.17) is 0 Å². The number of amides is 1. The molecule has 0 bridgehead atoms. The van der Waals surface area contributed by atoms with Crippen molar-refractivity contribution in [2.45, 2.75) is 33.6 Å². The van der Waals surface area contributed by atoms with Crippen molar-refractivity contribution >= 4 is 23.0 Å². The van der Waals surface area contributed by atoms with E-state index in [0.29, 0.717) is 0 Å². The van der Waals surface area contributed by atoms with E-state index in [-0.39, 0.29) is 12.5 Å². The van der Waals surface area contributed by atoms with E-state index in [1.165, 1.54) is 29.7 Å². The Kier molecular flexibility index (Phi) is 5.82. The van der Waals surface area contributed by atoms with E-state index in [1.54, 1.807) is 0 Å². The summed E-state index contributed by atoms with van der Waals surface area (Å²) in [6, 6.07) is 14.4. The van der Waals surface area contributed by atoms with Gasteiger partial charge in [0, 0.05) is 30.2 Å². The first-order chi connectivity index (χ1) is 12.5. The molecule has 1 aliphatic rings. The number of nitrogens with zero attached hydrogens (tertiary/aromatic N) is 1. The Hall–Kier alpha value is -2.49. The van der Waals surface area contributed by atoms with Gasteiger partial charge in [-0.3, -0.25) is 4.79 Å².